The van der Waals surface area contributed by atoms with Crippen LogP contribution in [0.5, 0.6) is 17.2 Å². The number of anilines is 1. The maximum atomic E-state index is 12.5. The van der Waals surface area contributed by atoms with Crippen molar-refractivity contribution in [1.82, 2.24) is 0 Å². The van der Waals surface area contributed by atoms with Crippen molar-refractivity contribution in [2.75, 3.05) is 19.0 Å². The number of hydrogen-bond donors (Lipinski definition) is 1. The van der Waals surface area contributed by atoms with Gasteiger partial charge in [0.05, 0.1) is 25.0 Å². The van der Waals surface area contributed by atoms with Crippen LogP contribution in [-0.2, 0) is 9.53 Å². The minimum atomic E-state index is -3.04. The molecule has 1 atom stereocenters. The Bertz CT molecular complexity index is 859. The number of hydrogen-bond acceptors (Lipinski definition) is 6. The van der Waals surface area contributed by atoms with Crippen LogP contribution in [0.15, 0.2) is 42.5 Å². The summed E-state index contributed by atoms with van der Waals surface area (Å²) in [4.78, 5) is 24.7. The van der Waals surface area contributed by atoms with Gasteiger partial charge in [-0.1, -0.05) is 12.1 Å². The molecule has 156 valence electrons. The molecule has 2 aromatic rings. The molecule has 1 N–H and O–H groups in total. The third kappa shape index (κ3) is 6.06. The number of nitrogens with one attached hydrogen (secondary N) is 1. The van der Waals surface area contributed by atoms with E-state index < -0.39 is 24.6 Å². The van der Waals surface area contributed by atoms with Crippen molar-refractivity contribution >= 4 is 17.6 Å². The Morgan fingerprint density at radius 2 is 1.79 bits per heavy atom. The second kappa shape index (κ2) is 10.3. The third-order valence-corrected chi connectivity index (χ3v) is 3.71. The third-order valence-electron chi connectivity index (χ3n) is 3.71. The van der Waals surface area contributed by atoms with Crippen LogP contribution in [0.1, 0.15) is 24.2 Å². The molecule has 0 aliphatic carbocycles. The zero-order chi connectivity index (χ0) is 21.4. The molecule has 0 fully saturated rings. The molecule has 0 bridgehead atoms. The second-order valence-corrected chi connectivity index (χ2v) is 5.71. The van der Waals surface area contributed by atoms with Crippen molar-refractivity contribution in [2.45, 2.75) is 26.6 Å². The number of ether oxygens (including phenoxy) is 4. The molecule has 9 heteroatoms. The van der Waals surface area contributed by atoms with Gasteiger partial charge in [-0.3, -0.25) is 4.79 Å². The number of benzene rings is 2. The summed E-state index contributed by atoms with van der Waals surface area (Å²) in [7, 11) is 1.47. The van der Waals surface area contributed by atoms with Crippen molar-refractivity contribution in [1.29, 1.82) is 0 Å². The van der Waals surface area contributed by atoms with Gasteiger partial charge in [0, 0.05) is 0 Å². The molecule has 1 amide bonds. The highest BCUT2D eigenvalue weighted by Gasteiger charge is 2.21. The van der Waals surface area contributed by atoms with E-state index in [1.165, 1.54) is 50.4 Å². The number of para-hydroxylation sites is 2. The van der Waals surface area contributed by atoms with Gasteiger partial charge >= 0.3 is 12.6 Å². The lowest BCUT2D eigenvalue weighted by molar-refractivity contribution is -0.123. The van der Waals surface area contributed by atoms with Gasteiger partial charge in [0.1, 0.15) is 5.75 Å². The molecular weight excluding hydrogens is 388 g/mol. The van der Waals surface area contributed by atoms with E-state index in [1.807, 2.05) is 0 Å². The largest absolute Gasteiger partial charge is 0.493 e. The fraction of sp³-hybridized carbons (Fsp3) is 0.300. The molecule has 0 saturated carbocycles. The number of rotatable bonds is 9. The predicted octanol–water partition coefficient (Wildman–Crippen LogP) is 3.88. The molecule has 2 aromatic carbocycles. The van der Waals surface area contributed by atoms with Crippen molar-refractivity contribution in [2.24, 2.45) is 0 Å². The van der Waals surface area contributed by atoms with E-state index in [9.17, 15) is 18.4 Å². The average molecular weight is 409 g/mol. The highest BCUT2D eigenvalue weighted by Crippen LogP contribution is 2.29. The molecule has 0 heterocycles. The number of esters is 1. The van der Waals surface area contributed by atoms with Crippen LogP contribution in [0.3, 0.4) is 0 Å². The van der Waals surface area contributed by atoms with Gasteiger partial charge in [-0.25, -0.2) is 4.79 Å². The SMILES string of the molecule is CCOc1cc(C(=O)O[C@H](C)C(=O)Nc2ccccc2OC(F)F)ccc1OC. The van der Waals surface area contributed by atoms with Gasteiger partial charge in [-0.05, 0) is 44.2 Å². The molecular formula is C20H21F2NO6. The Hall–Kier alpha value is -3.36. The smallest absolute Gasteiger partial charge is 0.387 e. The van der Waals surface area contributed by atoms with Gasteiger partial charge in [-0.15, -0.1) is 0 Å². The zero-order valence-corrected chi connectivity index (χ0v) is 16.1. The predicted molar refractivity (Wildman–Crippen MR) is 101 cm³/mol. The van der Waals surface area contributed by atoms with Crippen molar-refractivity contribution < 1.29 is 37.3 Å². The first kappa shape index (κ1) is 21.9. The normalized spacial score (nSPS) is 11.5. The fourth-order valence-corrected chi connectivity index (χ4v) is 2.36. The monoisotopic (exact) mass is 409 g/mol. The summed E-state index contributed by atoms with van der Waals surface area (Å²) in [6.07, 6.45) is -1.19. The van der Waals surface area contributed by atoms with Gasteiger partial charge in [0.25, 0.3) is 5.91 Å². The van der Waals surface area contributed by atoms with Gasteiger partial charge in [0.2, 0.25) is 0 Å². The quantitative estimate of drug-likeness (QED) is 0.633. The number of methoxy groups -OCH3 is 1. The van der Waals surface area contributed by atoms with Crippen LogP contribution in [0.25, 0.3) is 0 Å². The standard InChI is InChI=1S/C20H21F2NO6/c1-4-27-17-11-13(9-10-16(17)26-3)19(25)28-12(2)18(24)23-14-7-5-6-8-15(14)29-20(21)22/h5-12,20H,4H2,1-3H3,(H,23,24)/t12-/m1/s1. The highest BCUT2D eigenvalue weighted by atomic mass is 19.3. The fourth-order valence-electron chi connectivity index (χ4n) is 2.36. The summed E-state index contributed by atoms with van der Waals surface area (Å²) >= 11 is 0. The second-order valence-electron chi connectivity index (χ2n) is 5.71. The van der Waals surface area contributed by atoms with E-state index in [4.69, 9.17) is 14.2 Å². The van der Waals surface area contributed by atoms with E-state index in [1.54, 1.807) is 13.0 Å². The Kier molecular flexibility index (Phi) is 7.76. The lowest BCUT2D eigenvalue weighted by Gasteiger charge is -2.16. The zero-order valence-electron chi connectivity index (χ0n) is 16.1. The summed E-state index contributed by atoms with van der Waals surface area (Å²) in [6.45, 7) is 0.467. The summed E-state index contributed by atoms with van der Waals surface area (Å²) in [5.74, 6) is -0.856. The Labute approximate surface area is 166 Å². The maximum absolute atomic E-state index is 12.5. The molecule has 0 saturated heterocycles. The molecule has 0 aromatic heterocycles. The lowest BCUT2D eigenvalue weighted by Crippen LogP contribution is -2.30. The number of alkyl halides is 2. The van der Waals surface area contributed by atoms with Crippen molar-refractivity contribution in [3.05, 3.63) is 48.0 Å². The van der Waals surface area contributed by atoms with Crippen LogP contribution >= 0.6 is 0 Å². The maximum Gasteiger partial charge on any atom is 0.387 e. The van der Waals surface area contributed by atoms with Crippen LogP contribution in [0.2, 0.25) is 0 Å². The number of halogens is 2. The highest BCUT2D eigenvalue weighted by molar-refractivity contribution is 5.98. The van der Waals surface area contributed by atoms with E-state index in [2.05, 4.69) is 10.1 Å². The van der Waals surface area contributed by atoms with Crippen LogP contribution in [0.4, 0.5) is 14.5 Å². The lowest BCUT2D eigenvalue weighted by atomic mass is 10.2. The molecule has 7 nitrogen and oxygen atoms in total. The van der Waals surface area contributed by atoms with E-state index >= 15 is 0 Å². The Morgan fingerprint density at radius 1 is 1.07 bits per heavy atom. The first-order valence-corrected chi connectivity index (χ1v) is 8.72. The molecule has 2 rings (SSSR count). The molecule has 0 spiro atoms. The van der Waals surface area contributed by atoms with Gasteiger partial charge < -0.3 is 24.3 Å². The van der Waals surface area contributed by atoms with Gasteiger partial charge in [-0.2, -0.15) is 8.78 Å². The van der Waals surface area contributed by atoms with E-state index in [0.29, 0.717) is 18.1 Å². The molecule has 29 heavy (non-hydrogen) atoms. The average Bonchev–Trinajstić information content (AvgIpc) is 2.69. The Balaban J connectivity index is 2.06. The van der Waals surface area contributed by atoms with E-state index in [0.717, 1.165) is 0 Å². The van der Waals surface area contributed by atoms with Crippen LogP contribution in [0, 0.1) is 0 Å². The summed E-state index contributed by atoms with van der Waals surface area (Å²) in [5, 5.41) is 2.40. The summed E-state index contributed by atoms with van der Waals surface area (Å²) in [6, 6.07) is 10.2. The summed E-state index contributed by atoms with van der Waals surface area (Å²) in [5.41, 5.74) is 0.194. The Morgan fingerprint density at radius 3 is 2.45 bits per heavy atom. The minimum absolute atomic E-state index is 0.0313. The number of carbonyl (C=O) groups is 2. The first-order chi connectivity index (χ1) is 13.8. The number of carbonyl (C=O) groups excluding carboxylic acids is 2. The van der Waals surface area contributed by atoms with Crippen LogP contribution < -0.4 is 19.5 Å². The summed E-state index contributed by atoms with van der Waals surface area (Å²) < 4.78 is 45.0. The van der Waals surface area contributed by atoms with Crippen LogP contribution in [-0.4, -0.2) is 38.3 Å². The van der Waals surface area contributed by atoms with Crippen molar-refractivity contribution in [3.63, 3.8) is 0 Å². The molecule has 0 unspecified atom stereocenters. The first-order valence-electron chi connectivity index (χ1n) is 8.72. The van der Waals surface area contributed by atoms with E-state index in [-0.39, 0.29) is 17.0 Å². The molecule has 0 aliphatic heterocycles. The number of amides is 1. The minimum Gasteiger partial charge on any atom is -0.493 e. The molecule has 0 aliphatic rings. The molecule has 0 radical (unpaired) electrons. The van der Waals surface area contributed by atoms with Gasteiger partial charge in [0.15, 0.2) is 17.6 Å². The van der Waals surface area contributed by atoms with Crippen molar-refractivity contribution in [3.8, 4) is 17.2 Å². The topological polar surface area (TPSA) is 83.1 Å².